The van der Waals surface area contributed by atoms with E-state index in [9.17, 15) is 9.18 Å². The molecule has 4 rings (SSSR count). The van der Waals surface area contributed by atoms with Gasteiger partial charge in [-0.3, -0.25) is 4.79 Å². The number of nitrogens with one attached hydrogen (secondary N) is 1. The molecule has 0 unspecified atom stereocenters. The molecule has 1 aliphatic carbocycles. The Balaban J connectivity index is 1.66. The topological polar surface area (TPSA) is 58.6 Å². The average Bonchev–Trinajstić information content (AvgIpc) is 3.52. The zero-order chi connectivity index (χ0) is 23.8. The van der Waals surface area contributed by atoms with Crippen molar-refractivity contribution in [3.8, 4) is 17.6 Å². The molecule has 0 saturated heterocycles. The number of aliphatic carboxylic acids is 1. The van der Waals surface area contributed by atoms with E-state index in [1.165, 1.54) is 25.0 Å². The van der Waals surface area contributed by atoms with Crippen LogP contribution in [0.2, 0.25) is 0 Å². The molecule has 33 heavy (non-hydrogen) atoms. The number of rotatable bonds is 6. The third kappa shape index (κ3) is 5.75. The maximum absolute atomic E-state index is 14.3. The summed E-state index contributed by atoms with van der Waals surface area (Å²) in [7, 11) is 0. The number of hydrogen-bond acceptors (Lipinski definition) is 3. The van der Waals surface area contributed by atoms with E-state index >= 15 is 0 Å². The van der Waals surface area contributed by atoms with Crippen LogP contribution >= 0.6 is 0 Å². The Morgan fingerprint density at radius 2 is 1.85 bits per heavy atom. The van der Waals surface area contributed by atoms with Gasteiger partial charge in [0.15, 0.2) is 0 Å². The molecule has 0 aromatic heterocycles. The number of carbonyl (C=O) groups is 1. The van der Waals surface area contributed by atoms with Crippen molar-refractivity contribution in [2.75, 3.05) is 6.54 Å². The third-order valence-corrected chi connectivity index (χ3v) is 6.33. The van der Waals surface area contributed by atoms with Gasteiger partial charge in [-0.1, -0.05) is 31.8 Å². The van der Waals surface area contributed by atoms with Gasteiger partial charge in [0.2, 0.25) is 0 Å². The maximum atomic E-state index is 14.3. The minimum Gasteiger partial charge on any atom is -0.487 e. The fourth-order valence-electron chi connectivity index (χ4n) is 4.80. The molecule has 1 fully saturated rings. The molecule has 5 heteroatoms. The molecule has 2 N–H and O–H groups in total. The van der Waals surface area contributed by atoms with Crippen molar-refractivity contribution in [3.05, 3.63) is 64.0 Å². The predicted molar refractivity (Wildman–Crippen MR) is 127 cm³/mol. The highest BCUT2D eigenvalue weighted by Crippen LogP contribution is 2.46. The minimum atomic E-state index is -1.06. The van der Waals surface area contributed by atoms with Gasteiger partial charge < -0.3 is 15.2 Å². The van der Waals surface area contributed by atoms with Crippen LogP contribution in [0, 0.1) is 23.6 Å². The number of carboxylic acid groups (broad SMARTS) is 1. The zero-order valence-electron chi connectivity index (χ0n) is 19.8. The van der Waals surface area contributed by atoms with Gasteiger partial charge in [-0.2, -0.15) is 0 Å². The Hall–Kier alpha value is -2.84. The molecule has 0 atom stereocenters. The highest BCUT2D eigenvalue weighted by molar-refractivity contribution is 5.70. The van der Waals surface area contributed by atoms with E-state index in [1.54, 1.807) is 6.07 Å². The van der Waals surface area contributed by atoms with E-state index in [1.807, 2.05) is 0 Å². The van der Waals surface area contributed by atoms with Crippen molar-refractivity contribution in [2.24, 2.45) is 5.92 Å². The SMILES string of the molecule is CC1(C)CC(C)(C)c2cc(C#Cc3ccc(CC(=O)O)c(F)c3)cc(CNCC3CC3)c2O1. The normalized spacial score (nSPS) is 18.0. The molecular formula is C28H32FNO3. The second-order valence-electron chi connectivity index (χ2n) is 10.6. The highest BCUT2D eigenvalue weighted by atomic mass is 19.1. The van der Waals surface area contributed by atoms with Crippen molar-refractivity contribution in [3.63, 3.8) is 0 Å². The lowest BCUT2D eigenvalue weighted by Gasteiger charge is -2.43. The Bertz CT molecular complexity index is 1140. The van der Waals surface area contributed by atoms with Gasteiger partial charge >= 0.3 is 5.97 Å². The summed E-state index contributed by atoms with van der Waals surface area (Å²) in [4.78, 5) is 10.9. The van der Waals surface area contributed by atoms with E-state index in [0.717, 1.165) is 47.9 Å². The number of hydrogen-bond donors (Lipinski definition) is 2. The summed E-state index contributed by atoms with van der Waals surface area (Å²) in [5.41, 5.74) is 3.48. The van der Waals surface area contributed by atoms with Crippen LogP contribution in [0.3, 0.4) is 0 Å². The first-order valence-corrected chi connectivity index (χ1v) is 11.6. The van der Waals surface area contributed by atoms with Crippen LogP contribution in [0.4, 0.5) is 4.39 Å². The lowest BCUT2D eigenvalue weighted by molar-refractivity contribution is -0.136. The zero-order valence-corrected chi connectivity index (χ0v) is 19.8. The van der Waals surface area contributed by atoms with E-state index < -0.39 is 11.8 Å². The van der Waals surface area contributed by atoms with Crippen molar-refractivity contribution < 1.29 is 19.0 Å². The van der Waals surface area contributed by atoms with Crippen molar-refractivity contribution in [1.29, 1.82) is 0 Å². The quantitative estimate of drug-likeness (QED) is 0.596. The number of ether oxygens (including phenoxy) is 1. The molecule has 1 saturated carbocycles. The summed E-state index contributed by atoms with van der Waals surface area (Å²) in [5, 5.41) is 12.5. The summed E-state index contributed by atoms with van der Waals surface area (Å²) in [6.45, 7) is 10.5. The third-order valence-electron chi connectivity index (χ3n) is 6.33. The van der Waals surface area contributed by atoms with Gasteiger partial charge in [0.25, 0.3) is 0 Å². The Kier molecular flexibility index (Phi) is 6.24. The fourth-order valence-corrected chi connectivity index (χ4v) is 4.80. The number of benzene rings is 2. The lowest BCUT2D eigenvalue weighted by Crippen LogP contribution is -2.42. The second kappa shape index (κ2) is 8.83. The average molecular weight is 450 g/mol. The first-order chi connectivity index (χ1) is 15.5. The fraction of sp³-hybridized carbons (Fsp3) is 0.464. The number of carboxylic acids is 1. The lowest BCUT2D eigenvalue weighted by atomic mass is 9.72. The first-order valence-electron chi connectivity index (χ1n) is 11.6. The van der Waals surface area contributed by atoms with Crippen LogP contribution in [0.25, 0.3) is 0 Å². The largest absolute Gasteiger partial charge is 0.487 e. The Morgan fingerprint density at radius 1 is 1.12 bits per heavy atom. The van der Waals surface area contributed by atoms with Crippen LogP contribution in [0.15, 0.2) is 30.3 Å². The van der Waals surface area contributed by atoms with Crippen LogP contribution in [0.5, 0.6) is 5.75 Å². The smallest absolute Gasteiger partial charge is 0.307 e. The summed E-state index contributed by atoms with van der Waals surface area (Å²) in [6.07, 6.45) is 3.16. The van der Waals surface area contributed by atoms with Crippen LogP contribution in [0.1, 0.15) is 74.8 Å². The highest BCUT2D eigenvalue weighted by Gasteiger charge is 2.40. The standard InChI is InChI=1S/C28H32FNO3/c1-27(2)17-28(3,4)33-26-22(16-30-15-19-6-7-19)11-20(12-23(26)27)8-5-18-9-10-21(14-25(31)32)24(29)13-18/h9-13,19,30H,6-7,14-17H2,1-4H3,(H,31,32). The molecule has 2 aromatic carbocycles. The number of fused-ring (bicyclic) bond motifs is 1. The summed E-state index contributed by atoms with van der Waals surface area (Å²) < 4.78 is 20.7. The molecule has 174 valence electrons. The van der Waals surface area contributed by atoms with E-state index in [4.69, 9.17) is 9.84 Å². The molecule has 1 heterocycles. The molecule has 0 radical (unpaired) electrons. The van der Waals surface area contributed by atoms with Crippen LogP contribution in [-0.2, 0) is 23.2 Å². The molecular weight excluding hydrogens is 417 g/mol. The first kappa shape index (κ1) is 23.3. The molecule has 2 aromatic rings. The maximum Gasteiger partial charge on any atom is 0.307 e. The minimum absolute atomic E-state index is 0.0649. The van der Waals surface area contributed by atoms with E-state index in [-0.39, 0.29) is 23.0 Å². The molecule has 1 aliphatic heterocycles. The Labute approximate surface area is 195 Å². The van der Waals surface area contributed by atoms with Crippen molar-refractivity contribution >= 4 is 5.97 Å². The van der Waals surface area contributed by atoms with E-state index in [2.05, 4.69) is 57.0 Å². The van der Waals surface area contributed by atoms with E-state index in [0.29, 0.717) is 5.56 Å². The molecule has 0 amide bonds. The van der Waals surface area contributed by atoms with Gasteiger partial charge in [0, 0.05) is 28.8 Å². The summed E-state index contributed by atoms with van der Waals surface area (Å²) in [6, 6.07) is 8.62. The van der Waals surface area contributed by atoms with Gasteiger partial charge in [0.05, 0.1) is 6.42 Å². The van der Waals surface area contributed by atoms with Crippen LogP contribution in [-0.4, -0.2) is 23.2 Å². The van der Waals surface area contributed by atoms with Gasteiger partial charge in [0.1, 0.15) is 17.2 Å². The Morgan fingerprint density at radius 3 is 2.52 bits per heavy atom. The summed E-state index contributed by atoms with van der Waals surface area (Å²) >= 11 is 0. The predicted octanol–water partition coefficient (Wildman–Crippen LogP) is 5.19. The molecule has 0 bridgehead atoms. The van der Waals surface area contributed by atoms with Gasteiger partial charge in [-0.05, 0) is 80.8 Å². The molecule has 4 nitrogen and oxygen atoms in total. The molecule has 0 spiro atoms. The van der Waals surface area contributed by atoms with Crippen molar-refractivity contribution in [2.45, 2.75) is 70.9 Å². The van der Waals surface area contributed by atoms with Gasteiger partial charge in [-0.25, -0.2) is 4.39 Å². The summed E-state index contributed by atoms with van der Waals surface area (Å²) in [5.74, 6) is 6.38. The number of halogens is 1. The van der Waals surface area contributed by atoms with Crippen molar-refractivity contribution in [1.82, 2.24) is 5.32 Å². The monoisotopic (exact) mass is 449 g/mol. The van der Waals surface area contributed by atoms with Gasteiger partial charge in [-0.15, -0.1) is 0 Å². The van der Waals surface area contributed by atoms with Crippen LogP contribution < -0.4 is 10.1 Å². The second-order valence-corrected chi connectivity index (χ2v) is 10.6. The molecule has 2 aliphatic rings.